The number of aromatic nitrogens is 1. The number of nitrogens with one attached hydrogen (secondary N) is 2. The summed E-state index contributed by atoms with van der Waals surface area (Å²) in [7, 11) is 1.68. The summed E-state index contributed by atoms with van der Waals surface area (Å²) in [6, 6.07) is 9.13. The number of halogens is 3. The van der Waals surface area contributed by atoms with E-state index < -0.39 is 11.7 Å². The Morgan fingerprint density at radius 1 is 1.00 bits per heavy atom. The van der Waals surface area contributed by atoms with E-state index in [2.05, 4.69) is 20.6 Å². The van der Waals surface area contributed by atoms with Gasteiger partial charge in [-0.3, -0.25) is 9.98 Å². The minimum Gasteiger partial charge on any atom is -0.356 e. The van der Waals surface area contributed by atoms with Gasteiger partial charge in [-0.25, -0.2) is 0 Å². The highest BCUT2D eigenvalue weighted by Crippen LogP contribution is 2.29. The molecule has 1 aromatic heterocycles. The number of guanidine groups is 1. The molecule has 0 atom stereocenters. The predicted molar refractivity (Wildman–Crippen MR) is 92.5 cm³/mol. The van der Waals surface area contributed by atoms with E-state index in [4.69, 9.17) is 0 Å². The molecule has 0 aliphatic carbocycles. The molecule has 2 aromatic rings. The summed E-state index contributed by atoms with van der Waals surface area (Å²) in [5.41, 5.74) is 1.35. The van der Waals surface area contributed by atoms with Gasteiger partial charge in [-0.2, -0.15) is 13.2 Å². The Labute approximate surface area is 145 Å². The highest BCUT2D eigenvalue weighted by Gasteiger charge is 2.29. The van der Waals surface area contributed by atoms with Crippen LogP contribution in [-0.4, -0.2) is 31.1 Å². The molecule has 0 unspecified atom stereocenters. The lowest BCUT2D eigenvalue weighted by atomic mass is 10.1. The first kappa shape index (κ1) is 18.8. The van der Waals surface area contributed by atoms with Crippen molar-refractivity contribution < 1.29 is 13.2 Å². The highest BCUT2D eigenvalue weighted by atomic mass is 19.4. The summed E-state index contributed by atoms with van der Waals surface area (Å²) < 4.78 is 37.6. The van der Waals surface area contributed by atoms with Crippen molar-refractivity contribution in [1.29, 1.82) is 0 Å². The molecule has 0 saturated carbocycles. The van der Waals surface area contributed by atoms with E-state index in [1.807, 2.05) is 18.3 Å². The molecule has 134 valence electrons. The average Bonchev–Trinajstić information content (AvgIpc) is 2.61. The van der Waals surface area contributed by atoms with Crippen LogP contribution in [0.5, 0.6) is 0 Å². The third kappa shape index (κ3) is 6.45. The van der Waals surface area contributed by atoms with Gasteiger partial charge in [0.15, 0.2) is 5.96 Å². The summed E-state index contributed by atoms with van der Waals surface area (Å²) in [6.45, 7) is 1.30. The summed E-state index contributed by atoms with van der Waals surface area (Å²) in [5.74, 6) is 0.663. The second-order valence-corrected chi connectivity index (χ2v) is 5.48. The number of pyridine rings is 1. The molecule has 0 spiro atoms. The normalized spacial score (nSPS) is 12.1. The summed E-state index contributed by atoms with van der Waals surface area (Å²) in [6.07, 6.45) is 0.701. The van der Waals surface area contributed by atoms with E-state index in [9.17, 15) is 13.2 Å². The number of nitrogens with zero attached hydrogens (tertiary/aromatic N) is 2. The molecule has 0 aliphatic rings. The van der Waals surface area contributed by atoms with Crippen LogP contribution in [0.1, 0.15) is 16.7 Å². The minimum absolute atomic E-state index is 0.581. The van der Waals surface area contributed by atoms with Crippen molar-refractivity contribution in [1.82, 2.24) is 15.6 Å². The lowest BCUT2D eigenvalue weighted by molar-refractivity contribution is -0.137. The van der Waals surface area contributed by atoms with Crippen LogP contribution in [0, 0.1) is 0 Å². The van der Waals surface area contributed by atoms with E-state index in [-0.39, 0.29) is 0 Å². The van der Waals surface area contributed by atoms with Gasteiger partial charge in [0.25, 0.3) is 0 Å². The average molecular weight is 350 g/mol. The first-order chi connectivity index (χ1) is 12.0. The van der Waals surface area contributed by atoms with Crippen LogP contribution >= 0.6 is 0 Å². The Kier molecular flexibility index (Phi) is 6.80. The number of aliphatic imine (C=N–C) groups is 1. The zero-order valence-electron chi connectivity index (χ0n) is 14.0. The molecule has 0 bridgehead atoms. The first-order valence-electron chi connectivity index (χ1n) is 7.98. The van der Waals surface area contributed by atoms with Crippen molar-refractivity contribution in [2.45, 2.75) is 19.0 Å². The molecule has 2 rings (SSSR count). The molecule has 7 heteroatoms. The molecule has 0 fully saturated rings. The maximum Gasteiger partial charge on any atom is 0.416 e. The number of alkyl halides is 3. The lowest BCUT2D eigenvalue weighted by Crippen LogP contribution is -2.39. The Morgan fingerprint density at radius 3 is 2.16 bits per heavy atom. The molecular weight excluding hydrogens is 329 g/mol. The van der Waals surface area contributed by atoms with Crippen LogP contribution in [0.3, 0.4) is 0 Å². The van der Waals surface area contributed by atoms with Crippen LogP contribution in [-0.2, 0) is 19.0 Å². The summed E-state index contributed by atoms with van der Waals surface area (Å²) in [4.78, 5) is 8.19. The van der Waals surface area contributed by atoms with Gasteiger partial charge < -0.3 is 10.6 Å². The van der Waals surface area contributed by atoms with Gasteiger partial charge >= 0.3 is 6.18 Å². The van der Waals surface area contributed by atoms with Crippen molar-refractivity contribution in [2.24, 2.45) is 4.99 Å². The second kappa shape index (κ2) is 9.05. The molecule has 0 saturated heterocycles. The number of benzene rings is 1. The largest absolute Gasteiger partial charge is 0.416 e. The van der Waals surface area contributed by atoms with Crippen molar-refractivity contribution in [3.8, 4) is 0 Å². The quantitative estimate of drug-likeness (QED) is 0.622. The molecular formula is C18H21F3N4. The number of hydrogen-bond acceptors (Lipinski definition) is 2. The standard InChI is InChI=1S/C18H21F3N4/c1-22-17(25-12-9-15-3-2-10-23-13-15)24-11-8-14-4-6-16(7-5-14)18(19,20)21/h2-7,10,13H,8-9,11-12H2,1H3,(H2,22,24,25). The maximum absolute atomic E-state index is 12.5. The monoisotopic (exact) mass is 350 g/mol. The first-order valence-corrected chi connectivity index (χ1v) is 7.98. The summed E-state index contributed by atoms with van der Waals surface area (Å²) in [5, 5.41) is 6.35. The third-order valence-corrected chi connectivity index (χ3v) is 3.64. The SMILES string of the molecule is CN=C(NCCc1ccc(C(F)(F)F)cc1)NCCc1cccnc1. The molecule has 2 N–H and O–H groups in total. The number of hydrogen-bond donors (Lipinski definition) is 2. The van der Waals surface area contributed by atoms with Gasteiger partial charge in [-0.1, -0.05) is 18.2 Å². The van der Waals surface area contributed by atoms with Gasteiger partial charge in [0.05, 0.1) is 5.56 Å². The second-order valence-electron chi connectivity index (χ2n) is 5.48. The van der Waals surface area contributed by atoms with Gasteiger partial charge in [0, 0.05) is 32.5 Å². The maximum atomic E-state index is 12.5. The van der Waals surface area contributed by atoms with Crippen LogP contribution in [0.15, 0.2) is 53.8 Å². The minimum atomic E-state index is -4.29. The van der Waals surface area contributed by atoms with Crippen molar-refractivity contribution >= 4 is 5.96 Å². The van der Waals surface area contributed by atoms with E-state index >= 15 is 0 Å². The highest BCUT2D eigenvalue weighted by molar-refractivity contribution is 5.79. The Hall–Kier alpha value is -2.57. The zero-order chi connectivity index (χ0) is 18.1. The van der Waals surface area contributed by atoms with Gasteiger partial charge in [-0.15, -0.1) is 0 Å². The molecule has 0 radical (unpaired) electrons. The zero-order valence-corrected chi connectivity index (χ0v) is 14.0. The van der Waals surface area contributed by atoms with E-state index in [1.54, 1.807) is 13.2 Å². The Balaban J connectivity index is 1.72. The third-order valence-electron chi connectivity index (χ3n) is 3.64. The summed E-state index contributed by atoms with van der Waals surface area (Å²) >= 11 is 0. The lowest BCUT2D eigenvalue weighted by Gasteiger charge is -2.12. The van der Waals surface area contributed by atoms with E-state index in [0.29, 0.717) is 25.5 Å². The molecule has 0 amide bonds. The van der Waals surface area contributed by atoms with Gasteiger partial charge in [0.1, 0.15) is 0 Å². The van der Waals surface area contributed by atoms with Crippen molar-refractivity contribution in [3.63, 3.8) is 0 Å². The van der Waals surface area contributed by atoms with Crippen LogP contribution in [0.2, 0.25) is 0 Å². The Bertz CT molecular complexity index is 667. The van der Waals surface area contributed by atoms with Crippen LogP contribution in [0.25, 0.3) is 0 Å². The molecule has 25 heavy (non-hydrogen) atoms. The molecule has 4 nitrogen and oxygen atoms in total. The predicted octanol–water partition coefficient (Wildman–Crippen LogP) is 3.05. The molecule has 1 aromatic carbocycles. The van der Waals surface area contributed by atoms with Gasteiger partial charge in [-0.05, 0) is 42.2 Å². The molecule has 0 aliphatic heterocycles. The smallest absolute Gasteiger partial charge is 0.356 e. The number of rotatable bonds is 6. The van der Waals surface area contributed by atoms with E-state index in [1.165, 1.54) is 12.1 Å². The van der Waals surface area contributed by atoms with Crippen LogP contribution < -0.4 is 10.6 Å². The topological polar surface area (TPSA) is 49.3 Å². The molecule has 1 heterocycles. The Morgan fingerprint density at radius 2 is 1.64 bits per heavy atom. The van der Waals surface area contributed by atoms with Crippen LogP contribution in [0.4, 0.5) is 13.2 Å². The van der Waals surface area contributed by atoms with Gasteiger partial charge in [0.2, 0.25) is 0 Å². The fourth-order valence-corrected chi connectivity index (χ4v) is 2.28. The van der Waals surface area contributed by atoms with E-state index in [0.717, 1.165) is 29.7 Å². The fraction of sp³-hybridized carbons (Fsp3) is 0.333. The fourth-order valence-electron chi connectivity index (χ4n) is 2.28. The van der Waals surface area contributed by atoms with Crippen molar-refractivity contribution in [3.05, 3.63) is 65.5 Å². The van der Waals surface area contributed by atoms with Crippen molar-refractivity contribution in [2.75, 3.05) is 20.1 Å².